The molecule has 1 fully saturated rings. The van der Waals surface area contributed by atoms with Crippen LogP contribution in [0.4, 0.5) is 30.7 Å². The molecule has 0 bridgehead atoms. The highest BCUT2D eigenvalue weighted by atomic mass is 32.2. The van der Waals surface area contributed by atoms with Crippen LogP contribution in [0.1, 0.15) is 31.2 Å². The smallest absolute Gasteiger partial charge is 0.208 e. The van der Waals surface area contributed by atoms with Gasteiger partial charge in [-0.2, -0.15) is 26.3 Å². The number of nitrogens with one attached hydrogen (secondary N) is 1. The molecule has 0 amide bonds. The fraction of sp³-hybridized carbons (Fsp3) is 0.571. The summed E-state index contributed by atoms with van der Waals surface area (Å²) >= 11 is 0. The van der Waals surface area contributed by atoms with Crippen LogP contribution >= 0.6 is 0 Å². The van der Waals surface area contributed by atoms with Gasteiger partial charge in [-0.25, -0.2) is 17.5 Å². The second kappa shape index (κ2) is 6.75. The zero-order chi connectivity index (χ0) is 19.0. The molecule has 1 N–H and O–H groups in total. The van der Waals surface area contributed by atoms with Crippen molar-refractivity contribution in [3.05, 3.63) is 29.6 Å². The van der Waals surface area contributed by atoms with E-state index in [1.165, 1.54) is 0 Å². The van der Waals surface area contributed by atoms with E-state index in [0.717, 1.165) is 0 Å². The minimum atomic E-state index is -5.10. The van der Waals surface area contributed by atoms with E-state index in [-0.39, 0.29) is 25.3 Å². The molecule has 0 saturated heterocycles. The maximum absolute atomic E-state index is 13.2. The Morgan fingerprint density at radius 2 is 1.68 bits per heavy atom. The normalized spacial score (nSPS) is 22.8. The van der Waals surface area contributed by atoms with Gasteiger partial charge in [0.25, 0.3) is 0 Å². The molecule has 0 aromatic heterocycles. The fourth-order valence-electron chi connectivity index (χ4n) is 2.77. The summed E-state index contributed by atoms with van der Waals surface area (Å²) in [5.41, 5.74) is -1.76. The van der Waals surface area contributed by atoms with E-state index in [2.05, 4.69) is 0 Å². The second-order valence-corrected chi connectivity index (χ2v) is 7.58. The van der Waals surface area contributed by atoms with Crippen LogP contribution in [-0.2, 0) is 16.2 Å². The zero-order valence-electron chi connectivity index (χ0n) is 12.6. The Kier molecular flexibility index (Phi) is 5.39. The molecule has 0 radical (unpaired) electrons. The average molecular weight is 393 g/mol. The SMILES string of the molecule is O=S(=O)(NC1CCCC(C(F)(F)F)C1)c1ccc(F)c(C(F)(F)F)c1. The molecule has 25 heavy (non-hydrogen) atoms. The molecule has 1 aliphatic rings. The van der Waals surface area contributed by atoms with Gasteiger partial charge < -0.3 is 0 Å². The fourth-order valence-corrected chi connectivity index (χ4v) is 4.08. The predicted molar refractivity (Wildman–Crippen MR) is 73.5 cm³/mol. The van der Waals surface area contributed by atoms with Gasteiger partial charge >= 0.3 is 12.4 Å². The Hall–Kier alpha value is -1.36. The number of alkyl halides is 6. The van der Waals surface area contributed by atoms with E-state index < -0.39 is 57.0 Å². The Bertz CT molecular complexity index is 728. The van der Waals surface area contributed by atoms with Crippen molar-refractivity contribution in [3.63, 3.8) is 0 Å². The monoisotopic (exact) mass is 393 g/mol. The van der Waals surface area contributed by atoms with E-state index in [0.29, 0.717) is 12.1 Å². The molecule has 3 nitrogen and oxygen atoms in total. The van der Waals surface area contributed by atoms with Crippen LogP contribution in [0.25, 0.3) is 0 Å². The molecule has 1 saturated carbocycles. The largest absolute Gasteiger partial charge is 0.419 e. The Labute approximate surface area is 139 Å². The molecule has 11 heteroatoms. The highest BCUT2D eigenvalue weighted by molar-refractivity contribution is 7.89. The average Bonchev–Trinajstić information content (AvgIpc) is 2.45. The van der Waals surface area contributed by atoms with Gasteiger partial charge in [0.15, 0.2) is 0 Å². The van der Waals surface area contributed by atoms with E-state index >= 15 is 0 Å². The van der Waals surface area contributed by atoms with Crippen molar-refractivity contribution in [2.24, 2.45) is 5.92 Å². The summed E-state index contributed by atoms with van der Waals surface area (Å²) in [7, 11) is -4.51. The first-order valence-electron chi connectivity index (χ1n) is 7.26. The zero-order valence-corrected chi connectivity index (χ0v) is 13.4. The van der Waals surface area contributed by atoms with Crippen LogP contribution < -0.4 is 4.72 Å². The van der Waals surface area contributed by atoms with Crippen LogP contribution in [0.15, 0.2) is 23.1 Å². The topological polar surface area (TPSA) is 46.2 Å². The van der Waals surface area contributed by atoms with Gasteiger partial charge in [0.05, 0.1) is 16.4 Å². The van der Waals surface area contributed by atoms with Gasteiger partial charge in [0.2, 0.25) is 10.0 Å². The van der Waals surface area contributed by atoms with Crippen molar-refractivity contribution < 1.29 is 39.2 Å². The van der Waals surface area contributed by atoms with Crippen LogP contribution in [0, 0.1) is 11.7 Å². The van der Waals surface area contributed by atoms with Crippen LogP contribution in [0.3, 0.4) is 0 Å². The highest BCUT2D eigenvalue weighted by Crippen LogP contribution is 2.38. The lowest BCUT2D eigenvalue weighted by Gasteiger charge is -2.30. The van der Waals surface area contributed by atoms with Gasteiger partial charge in [-0.15, -0.1) is 0 Å². The molecule has 1 aromatic carbocycles. The number of halogens is 7. The quantitative estimate of drug-likeness (QED) is 0.781. The molecule has 2 rings (SSSR count). The summed E-state index contributed by atoms with van der Waals surface area (Å²) in [4.78, 5) is -0.852. The third-order valence-corrected chi connectivity index (χ3v) is 5.53. The van der Waals surface area contributed by atoms with Crippen molar-refractivity contribution in [2.45, 2.75) is 49.0 Å². The molecule has 142 valence electrons. The first kappa shape index (κ1) is 20.0. The summed E-state index contributed by atoms with van der Waals surface area (Å²) in [5, 5.41) is 0. The van der Waals surface area contributed by atoms with Gasteiger partial charge in [-0.1, -0.05) is 6.42 Å². The summed E-state index contributed by atoms with van der Waals surface area (Å²) < 4.78 is 116. The van der Waals surface area contributed by atoms with Crippen molar-refractivity contribution in [1.29, 1.82) is 0 Å². The van der Waals surface area contributed by atoms with E-state index in [4.69, 9.17) is 0 Å². The van der Waals surface area contributed by atoms with E-state index in [1.54, 1.807) is 0 Å². The second-order valence-electron chi connectivity index (χ2n) is 5.86. The molecule has 0 spiro atoms. The maximum atomic E-state index is 13.2. The van der Waals surface area contributed by atoms with E-state index in [1.807, 2.05) is 4.72 Å². The van der Waals surface area contributed by atoms with Crippen molar-refractivity contribution in [2.75, 3.05) is 0 Å². The maximum Gasteiger partial charge on any atom is 0.419 e. The third kappa shape index (κ3) is 4.84. The number of hydrogen-bond acceptors (Lipinski definition) is 2. The minimum Gasteiger partial charge on any atom is -0.208 e. The van der Waals surface area contributed by atoms with Crippen molar-refractivity contribution in [3.8, 4) is 0 Å². The number of sulfonamides is 1. The Morgan fingerprint density at radius 3 is 2.24 bits per heavy atom. The predicted octanol–water partition coefficient (Wildman–Crippen LogP) is 4.24. The molecular formula is C14H14F7NO2S. The summed E-state index contributed by atoms with van der Waals surface area (Å²) in [6.45, 7) is 0. The van der Waals surface area contributed by atoms with Gasteiger partial charge in [-0.3, -0.25) is 0 Å². The summed E-state index contributed by atoms with van der Waals surface area (Å²) in [6.07, 6.45) is -9.91. The Morgan fingerprint density at radius 1 is 1.04 bits per heavy atom. The van der Waals surface area contributed by atoms with Crippen molar-refractivity contribution >= 4 is 10.0 Å². The van der Waals surface area contributed by atoms with Crippen LogP contribution in [-0.4, -0.2) is 20.6 Å². The molecule has 1 aromatic rings. The molecule has 2 unspecified atom stereocenters. The number of rotatable bonds is 3. The lowest BCUT2D eigenvalue weighted by molar-refractivity contribution is -0.183. The highest BCUT2D eigenvalue weighted by Gasteiger charge is 2.43. The summed E-state index contributed by atoms with van der Waals surface area (Å²) in [6, 6.07) is 0.0694. The molecule has 2 atom stereocenters. The minimum absolute atomic E-state index is 0.127. The van der Waals surface area contributed by atoms with Crippen LogP contribution in [0.5, 0.6) is 0 Å². The number of hydrogen-bond donors (Lipinski definition) is 1. The standard InChI is InChI=1S/C14H14F7NO2S/c15-12-5-4-10(7-11(12)14(19,20)21)25(23,24)22-9-3-1-2-8(6-9)13(16,17)18/h4-5,7-9,22H,1-3,6H2. The lowest BCUT2D eigenvalue weighted by atomic mass is 9.86. The third-order valence-electron chi connectivity index (χ3n) is 4.01. The summed E-state index contributed by atoms with van der Waals surface area (Å²) in [5.74, 6) is -3.31. The van der Waals surface area contributed by atoms with Gasteiger partial charge in [-0.05, 0) is 37.5 Å². The Balaban J connectivity index is 2.22. The van der Waals surface area contributed by atoms with Crippen LogP contribution in [0.2, 0.25) is 0 Å². The first-order valence-corrected chi connectivity index (χ1v) is 8.75. The van der Waals surface area contributed by atoms with Crippen molar-refractivity contribution in [1.82, 2.24) is 4.72 Å². The van der Waals surface area contributed by atoms with E-state index in [9.17, 15) is 39.2 Å². The lowest BCUT2D eigenvalue weighted by Crippen LogP contribution is -2.41. The van der Waals surface area contributed by atoms with Gasteiger partial charge in [0, 0.05) is 6.04 Å². The van der Waals surface area contributed by atoms with Gasteiger partial charge in [0.1, 0.15) is 5.82 Å². The molecule has 0 heterocycles. The first-order chi connectivity index (χ1) is 11.3. The molecule has 0 aliphatic heterocycles. The molecular weight excluding hydrogens is 379 g/mol. The number of benzene rings is 1. The molecule has 1 aliphatic carbocycles.